The molecule has 212 valence electrons. The molecule has 0 N–H and O–H groups in total. The van der Waals surface area contributed by atoms with Crippen molar-refractivity contribution in [2.45, 2.75) is 45.1 Å². The highest BCUT2D eigenvalue weighted by Crippen LogP contribution is 2.26. The van der Waals surface area contributed by atoms with Gasteiger partial charge >= 0.3 is 0 Å². The van der Waals surface area contributed by atoms with Crippen molar-refractivity contribution in [1.82, 2.24) is 15.0 Å². The van der Waals surface area contributed by atoms with Crippen LogP contribution in [0.4, 0.5) is 8.78 Å². The summed E-state index contributed by atoms with van der Waals surface area (Å²) < 4.78 is 36.8. The molecule has 6 nitrogen and oxygen atoms in total. The van der Waals surface area contributed by atoms with Gasteiger partial charge in [-0.3, -0.25) is 4.79 Å². The molecule has 6 rings (SSSR count). The smallest absolute Gasteiger partial charge is 0.231 e. The van der Waals surface area contributed by atoms with Crippen LogP contribution in [-0.2, 0) is 24.1 Å². The molecule has 1 saturated heterocycles. The quantitative estimate of drug-likeness (QED) is 0.179. The van der Waals surface area contributed by atoms with Gasteiger partial charge in [-0.1, -0.05) is 29.4 Å². The number of furan rings is 1. The Kier molecular flexibility index (Phi) is 9.21. The van der Waals surface area contributed by atoms with Gasteiger partial charge in [-0.05, 0) is 97.6 Å². The molecular formula is C32H30ClF2N3O3. The molecule has 9 heteroatoms. The molecule has 0 unspecified atom stereocenters. The molecule has 1 aliphatic rings. The minimum atomic E-state index is -0.434. The number of fused-ring (bicyclic) bond motifs is 1. The lowest BCUT2D eigenvalue weighted by molar-refractivity contribution is -0.111. The Morgan fingerprint density at radius 3 is 2.37 bits per heavy atom. The van der Waals surface area contributed by atoms with Gasteiger partial charge < -0.3 is 13.8 Å². The van der Waals surface area contributed by atoms with Crippen molar-refractivity contribution in [3.8, 4) is 11.4 Å². The number of hydrogen-bond acceptors (Lipinski definition) is 6. The van der Waals surface area contributed by atoms with Gasteiger partial charge in [-0.25, -0.2) is 8.78 Å². The number of aromatic nitrogens is 2. The van der Waals surface area contributed by atoms with Crippen molar-refractivity contribution in [2.75, 3.05) is 13.1 Å². The summed E-state index contributed by atoms with van der Waals surface area (Å²) in [5.74, 6) is 1.49. The molecule has 1 fully saturated rings. The molecule has 0 radical (unpaired) electrons. The summed E-state index contributed by atoms with van der Waals surface area (Å²) in [5, 5.41) is 4.72. The molecule has 0 aliphatic carbocycles. The van der Waals surface area contributed by atoms with E-state index in [2.05, 4.69) is 28.0 Å². The first-order valence-electron chi connectivity index (χ1n) is 13.6. The second-order valence-electron chi connectivity index (χ2n) is 10.2. The van der Waals surface area contributed by atoms with Gasteiger partial charge in [-0.15, -0.1) is 0 Å². The van der Waals surface area contributed by atoms with E-state index in [1.54, 1.807) is 12.1 Å². The number of likely N-dealkylation sites (tertiary alicyclic amines) is 1. The second kappa shape index (κ2) is 13.2. The van der Waals surface area contributed by atoms with Crippen LogP contribution in [0, 0.1) is 11.6 Å². The van der Waals surface area contributed by atoms with E-state index in [9.17, 15) is 13.6 Å². The normalized spacial score (nSPS) is 15.2. The first-order valence-corrected chi connectivity index (χ1v) is 14.0. The number of halogens is 3. The molecule has 5 aromatic rings. The third-order valence-electron chi connectivity index (χ3n) is 7.15. The highest BCUT2D eigenvalue weighted by molar-refractivity contribution is 6.63. The van der Waals surface area contributed by atoms with Crippen LogP contribution in [0.2, 0.25) is 0 Å². The van der Waals surface area contributed by atoms with Gasteiger partial charge in [0.05, 0.1) is 6.42 Å². The molecule has 0 amide bonds. The van der Waals surface area contributed by atoms with Gasteiger partial charge in [-0.2, -0.15) is 4.98 Å². The average Bonchev–Trinajstić information content (AvgIpc) is 3.69. The molecule has 2 aromatic heterocycles. The SMILES string of the molecule is C[C@@H]1CCCN1CCc1cc2cc(-c3noc(Cc4ccc(F)cc4)n3)ccc2o1.O=C(Cl)Cc1ccc(F)cc1. The maximum absolute atomic E-state index is 13.1. The monoisotopic (exact) mass is 577 g/mol. The zero-order valence-electron chi connectivity index (χ0n) is 22.7. The first-order chi connectivity index (χ1) is 19.8. The molecule has 0 spiro atoms. The third kappa shape index (κ3) is 7.86. The fourth-order valence-electron chi connectivity index (χ4n) is 4.92. The van der Waals surface area contributed by atoms with Crippen molar-refractivity contribution in [1.29, 1.82) is 0 Å². The topological polar surface area (TPSA) is 72.4 Å². The number of nitrogens with zero attached hydrogens (tertiary/aromatic N) is 3. The van der Waals surface area contributed by atoms with Crippen LogP contribution < -0.4 is 0 Å². The number of benzene rings is 3. The Labute approximate surface area is 241 Å². The lowest BCUT2D eigenvalue weighted by Gasteiger charge is -2.19. The number of carbonyl (C=O) groups is 1. The highest BCUT2D eigenvalue weighted by atomic mass is 35.5. The maximum Gasteiger partial charge on any atom is 0.231 e. The van der Waals surface area contributed by atoms with E-state index in [4.69, 9.17) is 20.5 Å². The van der Waals surface area contributed by atoms with Gasteiger partial charge in [0.15, 0.2) is 0 Å². The molecule has 3 heterocycles. The second-order valence-corrected chi connectivity index (χ2v) is 10.6. The predicted octanol–water partition coefficient (Wildman–Crippen LogP) is 7.37. The van der Waals surface area contributed by atoms with Crippen molar-refractivity contribution < 1.29 is 22.5 Å². The molecule has 1 aliphatic heterocycles. The summed E-state index contributed by atoms with van der Waals surface area (Å²) in [7, 11) is 0. The van der Waals surface area contributed by atoms with Gasteiger partial charge in [0.25, 0.3) is 0 Å². The number of rotatable bonds is 8. The highest BCUT2D eigenvalue weighted by Gasteiger charge is 2.20. The average molecular weight is 578 g/mol. The first kappa shape index (κ1) is 28.6. The van der Waals surface area contributed by atoms with Gasteiger partial charge in [0.1, 0.15) is 23.0 Å². The summed E-state index contributed by atoms with van der Waals surface area (Å²) in [6, 6.07) is 20.7. The van der Waals surface area contributed by atoms with E-state index < -0.39 is 5.24 Å². The van der Waals surface area contributed by atoms with Crippen LogP contribution in [0.3, 0.4) is 0 Å². The molecule has 3 aromatic carbocycles. The van der Waals surface area contributed by atoms with Crippen molar-refractivity contribution in [3.05, 3.63) is 107 Å². The van der Waals surface area contributed by atoms with E-state index in [-0.39, 0.29) is 18.1 Å². The minimum Gasteiger partial charge on any atom is -0.461 e. The fourth-order valence-corrected chi connectivity index (χ4v) is 5.08. The predicted molar refractivity (Wildman–Crippen MR) is 154 cm³/mol. The zero-order chi connectivity index (χ0) is 28.8. The number of carbonyl (C=O) groups excluding carboxylic acids is 1. The fraction of sp³-hybridized carbons (Fsp3) is 0.281. The lowest BCUT2D eigenvalue weighted by Crippen LogP contribution is -2.28. The molecule has 41 heavy (non-hydrogen) atoms. The van der Waals surface area contributed by atoms with E-state index in [0.29, 0.717) is 24.2 Å². The van der Waals surface area contributed by atoms with E-state index in [1.165, 1.54) is 55.8 Å². The molecule has 0 saturated carbocycles. The van der Waals surface area contributed by atoms with Crippen LogP contribution in [0.1, 0.15) is 42.5 Å². The van der Waals surface area contributed by atoms with Crippen molar-refractivity contribution >= 4 is 27.8 Å². The summed E-state index contributed by atoms with van der Waals surface area (Å²) in [6.07, 6.45) is 4.12. The Morgan fingerprint density at radius 1 is 1.00 bits per heavy atom. The summed E-state index contributed by atoms with van der Waals surface area (Å²) in [4.78, 5) is 17.4. The summed E-state index contributed by atoms with van der Waals surface area (Å²) in [6.45, 7) is 4.52. The van der Waals surface area contributed by atoms with E-state index >= 15 is 0 Å². The summed E-state index contributed by atoms with van der Waals surface area (Å²) >= 11 is 5.12. The lowest BCUT2D eigenvalue weighted by atomic mass is 10.1. The largest absolute Gasteiger partial charge is 0.461 e. The number of hydrogen-bond donors (Lipinski definition) is 0. The van der Waals surface area contributed by atoms with Gasteiger partial charge in [0.2, 0.25) is 17.0 Å². The van der Waals surface area contributed by atoms with Crippen molar-refractivity contribution in [3.63, 3.8) is 0 Å². The van der Waals surface area contributed by atoms with Gasteiger partial charge in [0, 0.05) is 36.4 Å². The van der Waals surface area contributed by atoms with Crippen LogP contribution in [0.15, 0.2) is 81.7 Å². The van der Waals surface area contributed by atoms with Crippen LogP contribution in [-0.4, -0.2) is 39.4 Å². The molecular weight excluding hydrogens is 548 g/mol. The standard InChI is InChI=1S/C24H24FN3O2.C8H6ClFO/c1-16-3-2-11-28(16)12-10-21-15-19-14-18(6-9-22(19)29-21)24-26-23(30-27-24)13-17-4-7-20(25)8-5-17;9-8(11)5-6-1-3-7(10)4-2-6/h4-9,14-16H,2-3,10-13H2,1H3;1-4H,5H2/t16-;/m1./s1. The minimum absolute atomic E-state index is 0.155. The maximum atomic E-state index is 13.1. The summed E-state index contributed by atoms with van der Waals surface area (Å²) in [5.41, 5.74) is 3.41. The Balaban J connectivity index is 0.000000259. The molecule has 1 atom stereocenters. The van der Waals surface area contributed by atoms with E-state index in [1.807, 2.05) is 18.2 Å². The van der Waals surface area contributed by atoms with Crippen LogP contribution in [0.25, 0.3) is 22.4 Å². The zero-order valence-corrected chi connectivity index (χ0v) is 23.4. The Morgan fingerprint density at radius 2 is 1.71 bits per heavy atom. The Hall–Kier alpha value is -3.88. The van der Waals surface area contributed by atoms with Crippen LogP contribution in [0.5, 0.6) is 0 Å². The van der Waals surface area contributed by atoms with Crippen molar-refractivity contribution in [2.24, 2.45) is 0 Å². The van der Waals surface area contributed by atoms with E-state index in [0.717, 1.165) is 46.4 Å². The Bertz CT molecular complexity index is 1600. The third-order valence-corrected chi connectivity index (χ3v) is 7.29. The van der Waals surface area contributed by atoms with Crippen LogP contribution >= 0.6 is 11.6 Å². The molecule has 0 bridgehead atoms.